The molecule has 1 amide bonds. The number of amides is 1. The number of carbonyl (C=O) groups is 1. The Bertz CT molecular complexity index is 503. The van der Waals surface area contributed by atoms with Crippen molar-refractivity contribution in [1.82, 2.24) is 10.6 Å². The third-order valence-electron chi connectivity index (χ3n) is 5.28. The van der Waals surface area contributed by atoms with Gasteiger partial charge in [0.15, 0.2) is 0 Å². The zero-order valence-corrected chi connectivity index (χ0v) is 15.2. The fourth-order valence-corrected chi connectivity index (χ4v) is 3.81. The van der Waals surface area contributed by atoms with E-state index < -0.39 is 0 Å². The van der Waals surface area contributed by atoms with Gasteiger partial charge < -0.3 is 15.4 Å². The summed E-state index contributed by atoms with van der Waals surface area (Å²) in [5.41, 5.74) is 1.47. The number of halogens is 1. The Morgan fingerprint density at radius 1 is 1.21 bits per heavy atom. The number of carbonyl (C=O) groups excluding carboxylic acids is 1. The summed E-state index contributed by atoms with van der Waals surface area (Å²) in [7, 11) is 0. The van der Waals surface area contributed by atoms with E-state index in [2.05, 4.69) is 41.0 Å². The van der Waals surface area contributed by atoms with E-state index in [1.807, 2.05) is 6.92 Å². The van der Waals surface area contributed by atoms with Crippen molar-refractivity contribution >= 4 is 18.3 Å². The predicted octanol–water partition coefficient (Wildman–Crippen LogP) is 2.88. The van der Waals surface area contributed by atoms with Gasteiger partial charge in [0.1, 0.15) is 6.04 Å². The number of hydrogen-bond acceptors (Lipinski definition) is 3. The standard InChI is InChI=1S/C19H28N2O2.ClH/c1-14-18(20-11-12-23-14)19(22)21-13-15-7-9-17(10-8-15)16-5-3-2-4-6-16;/h2-6,14-15,17-18,20H,7-13H2,1H3,(H,21,22);1H/t14-,15?,17?,18+;/m1./s1. The van der Waals surface area contributed by atoms with Crippen molar-refractivity contribution in [2.24, 2.45) is 5.92 Å². The molecule has 134 valence electrons. The van der Waals surface area contributed by atoms with Gasteiger partial charge in [-0.05, 0) is 50.0 Å². The molecule has 2 fully saturated rings. The van der Waals surface area contributed by atoms with Gasteiger partial charge in [-0.3, -0.25) is 4.79 Å². The van der Waals surface area contributed by atoms with Crippen molar-refractivity contribution in [1.29, 1.82) is 0 Å². The van der Waals surface area contributed by atoms with Crippen LogP contribution in [0.2, 0.25) is 0 Å². The summed E-state index contributed by atoms with van der Waals surface area (Å²) in [5, 5.41) is 6.37. The minimum absolute atomic E-state index is 0. The molecule has 2 aliphatic rings. The van der Waals surface area contributed by atoms with Gasteiger partial charge in [-0.1, -0.05) is 30.3 Å². The summed E-state index contributed by atoms with van der Waals surface area (Å²) in [5.74, 6) is 1.39. The Hall–Kier alpha value is -1.10. The van der Waals surface area contributed by atoms with Crippen LogP contribution >= 0.6 is 12.4 Å². The lowest BCUT2D eigenvalue weighted by atomic mass is 9.78. The second kappa shape index (κ2) is 9.40. The highest BCUT2D eigenvalue weighted by molar-refractivity contribution is 5.85. The molecule has 1 aromatic carbocycles. The van der Waals surface area contributed by atoms with E-state index in [1.165, 1.54) is 31.2 Å². The SMILES string of the molecule is C[C@H]1OCCN[C@@H]1C(=O)NCC1CCC(c2ccccc2)CC1.Cl. The largest absolute Gasteiger partial charge is 0.375 e. The fraction of sp³-hybridized carbons (Fsp3) is 0.632. The molecule has 1 aliphatic heterocycles. The number of ether oxygens (including phenoxy) is 1. The first-order valence-corrected chi connectivity index (χ1v) is 8.91. The molecule has 1 aliphatic carbocycles. The number of benzene rings is 1. The molecule has 4 nitrogen and oxygen atoms in total. The average molecular weight is 353 g/mol. The second-order valence-electron chi connectivity index (χ2n) is 6.88. The van der Waals surface area contributed by atoms with Crippen LogP contribution in [-0.2, 0) is 9.53 Å². The Kier molecular flexibility index (Phi) is 7.53. The third kappa shape index (κ3) is 4.95. The van der Waals surface area contributed by atoms with E-state index in [9.17, 15) is 4.79 Å². The Balaban J connectivity index is 0.00000208. The molecule has 2 atom stereocenters. The lowest BCUT2D eigenvalue weighted by molar-refractivity contribution is -0.129. The molecular formula is C19H29ClN2O2. The highest BCUT2D eigenvalue weighted by Gasteiger charge is 2.29. The monoisotopic (exact) mass is 352 g/mol. The molecule has 0 spiro atoms. The number of rotatable bonds is 4. The Morgan fingerprint density at radius 3 is 2.58 bits per heavy atom. The highest BCUT2D eigenvalue weighted by Crippen LogP contribution is 2.35. The molecule has 0 bridgehead atoms. The van der Waals surface area contributed by atoms with Crippen molar-refractivity contribution < 1.29 is 9.53 Å². The molecule has 1 saturated heterocycles. The topological polar surface area (TPSA) is 50.4 Å². The maximum Gasteiger partial charge on any atom is 0.239 e. The van der Waals surface area contributed by atoms with Gasteiger partial charge in [0, 0.05) is 13.1 Å². The van der Waals surface area contributed by atoms with Crippen molar-refractivity contribution in [3.05, 3.63) is 35.9 Å². The van der Waals surface area contributed by atoms with Crippen LogP contribution in [0.1, 0.15) is 44.1 Å². The lowest BCUT2D eigenvalue weighted by Crippen LogP contribution is -2.56. The molecule has 0 aromatic heterocycles. The maximum absolute atomic E-state index is 12.3. The minimum Gasteiger partial charge on any atom is -0.375 e. The molecule has 1 heterocycles. The Morgan fingerprint density at radius 2 is 1.92 bits per heavy atom. The Labute approximate surface area is 151 Å². The van der Waals surface area contributed by atoms with Crippen LogP contribution in [0.5, 0.6) is 0 Å². The third-order valence-corrected chi connectivity index (χ3v) is 5.28. The molecule has 0 unspecified atom stereocenters. The van der Waals surface area contributed by atoms with Crippen LogP contribution in [0.15, 0.2) is 30.3 Å². The highest BCUT2D eigenvalue weighted by atomic mass is 35.5. The van der Waals surface area contributed by atoms with Crippen molar-refractivity contribution in [2.75, 3.05) is 19.7 Å². The van der Waals surface area contributed by atoms with E-state index in [1.54, 1.807) is 0 Å². The molecule has 0 radical (unpaired) electrons. The second-order valence-corrected chi connectivity index (χ2v) is 6.88. The van der Waals surface area contributed by atoms with E-state index in [-0.39, 0.29) is 30.5 Å². The quantitative estimate of drug-likeness (QED) is 0.876. The van der Waals surface area contributed by atoms with Gasteiger partial charge in [0.05, 0.1) is 12.7 Å². The number of morpholine rings is 1. The first-order chi connectivity index (χ1) is 11.2. The summed E-state index contributed by atoms with van der Waals surface area (Å²) < 4.78 is 5.54. The lowest BCUT2D eigenvalue weighted by Gasteiger charge is -2.31. The molecule has 1 aromatic rings. The predicted molar refractivity (Wildman–Crippen MR) is 98.6 cm³/mol. The summed E-state index contributed by atoms with van der Waals surface area (Å²) in [6, 6.07) is 10.6. The molecular weight excluding hydrogens is 324 g/mol. The molecule has 3 rings (SSSR count). The maximum atomic E-state index is 12.3. The first-order valence-electron chi connectivity index (χ1n) is 8.91. The van der Waals surface area contributed by atoms with Crippen molar-refractivity contribution in [3.8, 4) is 0 Å². The number of hydrogen-bond donors (Lipinski definition) is 2. The van der Waals surface area contributed by atoms with E-state index in [4.69, 9.17) is 4.74 Å². The van der Waals surface area contributed by atoms with Gasteiger partial charge >= 0.3 is 0 Å². The van der Waals surface area contributed by atoms with Gasteiger partial charge in [-0.15, -0.1) is 12.4 Å². The van der Waals surface area contributed by atoms with Crippen molar-refractivity contribution in [2.45, 2.75) is 50.7 Å². The first kappa shape index (κ1) is 19.2. The summed E-state index contributed by atoms with van der Waals surface area (Å²) in [4.78, 5) is 12.3. The van der Waals surface area contributed by atoms with Crippen LogP contribution < -0.4 is 10.6 Å². The van der Waals surface area contributed by atoms with Crippen LogP contribution in [0.3, 0.4) is 0 Å². The average Bonchev–Trinajstić information content (AvgIpc) is 2.61. The van der Waals surface area contributed by atoms with Gasteiger partial charge in [0.2, 0.25) is 5.91 Å². The zero-order chi connectivity index (χ0) is 16.1. The normalized spacial score (nSPS) is 30.2. The van der Waals surface area contributed by atoms with E-state index in [0.717, 1.165) is 13.1 Å². The minimum atomic E-state index is -0.204. The molecule has 2 N–H and O–H groups in total. The van der Waals surface area contributed by atoms with Gasteiger partial charge in [-0.2, -0.15) is 0 Å². The molecule has 24 heavy (non-hydrogen) atoms. The smallest absolute Gasteiger partial charge is 0.239 e. The van der Waals surface area contributed by atoms with Gasteiger partial charge in [-0.25, -0.2) is 0 Å². The van der Waals surface area contributed by atoms with Crippen LogP contribution in [0, 0.1) is 5.92 Å². The van der Waals surface area contributed by atoms with E-state index in [0.29, 0.717) is 18.4 Å². The number of nitrogens with one attached hydrogen (secondary N) is 2. The van der Waals surface area contributed by atoms with Crippen LogP contribution in [-0.4, -0.2) is 37.7 Å². The van der Waals surface area contributed by atoms with Crippen molar-refractivity contribution in [3.63, 3.8) is 0 Å². The van der Waals surface area contributed by atoms with E-state index >= 15 is 0 Å². The van der Waals surface area contributed by atoms with Crippen LogP contribution in [0.4, 0.5) is 0 Å². The summed E-state index contributed by atoms with van der Waals surface area (Å²) in [6.07, 6.45) is 4.81. The van der Waals surface area contributed by atoms with Gasteiger partial charge in [0.25, 0.3) is 0 Å². The zero-order valence-electron chi connectivity index (χ0n) is 14.4. The summed E-state index contributed by atoms with van der Waals surface area (Å²) >= 11 is 0. The molecule has 1 saturated carbocycles. The molecule has 5 heteroatoms. The van der Waals surface area contributed by atoms with Crippen LogP contribution in [0.25, 0.3) is 0 Å². The summed E-state index contributed by atoms with van der Waals surface area (Å²) in [6.45, 7) is 4.20. The fourth-order valence-electron chi connectivity index (χ4n) is 3.81.